The van der Waals surface area contributed by atoms with E-state index in [0.29, 0.717) is 12.5 Å². The number of rotatable bonds is 5. The summed E-state index contributed by atoms with van der Waals surface area (Å²) < 4.78 is 0. The summed E-state index contributed by atoms with van der Waals surface area (Å²) in [5, 5.41) is 3.13. The Bertz CT molecular complexity index is 309. The predicted molar refractivity (Wildman–Crippen MR) is 65.6 cm³/mol. The maximum absolute atomic E-state index is 5.36. The fourth-order valence-corrected chi connectivity index (χ4v) is 1.19. The van der Waals surface area contributed by atoms with Gasteiger partial charge >= 0.3 is 0 Å². The number of pyridine rings is 1. The number of nitrogens with zero attached hydrogens (tertiary/aromatic N) is 2. The Morgan fingerprint density at radius 2 is 2.38 bits per heavy atom. The third-order valence-corrected chi connectivity index (χ3v) is 2.08. The van der Waals surface area contributed by atoms with E-state index in [4.69, 9.17) is 5.84 Å². The molecule has 1 rings (SSSR count). The molecule has 0 amide bonds. The van der Waals surface area contributed by atoms with Gasteiger partial charge in [-0.1, -0.05) is 19.4 Å². The van der Waals surface area contributed by atoms with Crippen molar-refractivity contribution < 1.29 is 0 Å². The van der Waals surface area contributed by atoms with Gasteiger partial charge in [-0.2, -0.15) is 0 Å². The Hall–Kier alpha value is -1.62. The lowest BCUT2D eigenvalue weighted by atomic mass is 10.3. The van der Waals surface area contributed by atoms with E-state index in [1.807, 2.05) is 18.2 Å². The quantitative estimate of drug-likeness (QED) is 0.226. The molecule has 1 heterocycles. The second-order valence-corrected chi connectivity index (χ2v) is 3.41. The van der Waals surface area contributed by atoms with Gasteiger partial charge in [-0.15, -0.1) is 0 Å². The smallest absolute Gasteiger partial charge is 0.206 e. The third-order valence-electron chi connectivity index (χ3n) is 2.08. The Labute approximate surface area is 96.1 Å². The number of nitrogens with one attached hydrogen (secondary N) is 2. The first-order valence-corrected chi connectivity index (χ1v) is 5.51. The van der Waals surface area contributed by atoms with Gasteiger partial charge in [-0.25, -0.2) is 10.8 Å². The topological polar surface area (TPSA) is 75.3 Å². The van der Waals surface area contributed by atoms with E-state index >= 15 is 0 Å². The van der Waals surface area contributed by atoms with Crippen LogP contribution in [0.15, 0.2) is 29.4 Å². The van der Waals surface area contributed by atoms with Crippen LogP contribution in [-0.2, 0) is 6.54 Å². The molecule has 0 aliphatic rings. The SMILES string of the molecule is CCCCNC(=NCc1ccccn1)NN. The molecule has 0 unspecified atom stereocenters. The molecule has 0 spiro atoms. The second-order valence-electron chi connectivity index (χ2n) is 3.41. The van der Waals surface area contributed by atoms with E-state index in [1.165, 1.54) is 0 Å². The van der Waals surface area contributed by atoms with Crippen LogP contribution in [0.3, 0.4) is 0 Å². The van der Waals surface area contributed by atoms with Crippen molar-refractivity contribution in [2.24, 2.45) is 10.8 Å². The summed E-state index contributed by atoms with van der Waals surface area (Å²) in [6.45, 7) is 3.55. The molecule has 0 saturated carbocycles. The van der Waals surface area contributed by atoms with Gasteiger partial charge in [0.1, 0.15) is 0 Å². The lowest BCUT2D eigenvalue weighted by Crippen LogP contribution is -2.42. The molecule has 0 aliphatic carbocycles. The van der Waals surface area contributed by atoms with Crippen molar-refractivity contribution in [3.8, 4) is 0 Å². The molecule has 1 aromatic rings. The fourth-order valence-electron chi connectivity index (χ4n) is 1.19. The molecule has 0 aromatic carbocycles. The van der Waals surface area contributed by atoms with Crippen LogP contribution in [0.1, 0.15) is 25.5 Å². The van der Waals surface area contributed by atoms with Crippen molar-refractivity contribution in [2.75, 3.05) is 6.54 Å². The van der Waals surface area contributed by atoms with Crippen LogP contribution in [0.4, 0.5) is 0 Å². The summed E-state index contributed by atoms with van der Waals surface area (Å²) in [7, 11) is 0. The first-order chi connectivity index (χ1) is 7.86. The molecule has 0 fully saturated rings. The zero-order valence-corrected chi connectivity index (χ0v) is 9.61. The lowest BCUT2D eigenvalue weighted by Gasteiger charge is -2.07. The van der Waals surface area contributed by atoms with Crippen LogP contribution in [0, 0.1) is 0 Å². The largest absolute Gasteiger partial charge is 0.355 e. The van der Waals surface area contributed by atoms with E-state index in [-0.39, 0.29) is 0 Å². The van der Waals surface area contributed by atoms with Crippen LogP contribution >= 0.6 is 0 Å². The van der Waals surface area contributed by atoms with Crippen LogP contribution < -0.4 is 16.6 Å². The van der Waals surface area contributed by atoms with Gasteiger partial charge in [0.25, 0.3) is 0 Å². The summed E-state index contributed by atoms with van der Waals surface area (Å²) in [6.07, 6.45) is 4.00. The van der Waals surface area contributed by atoms with Crippen LogP contribution in [0.5, 0.6) is 0 Å². The summed E-state index contributed by atoms with van der Waals surface area (Å²) in [6, 6.07) is 5.76. The molecule has 4 N–H and O–H groups in total. The van der Waals surface area contributed by atoms with Crippen molar-refractivity contribution in [1.82, 2.24) is 15.7 Å². The Morgan fingerprint density at radius 1 is 1.50 bits per heavy atom. The third kappa shape index (κ3) is 4.75. The maximum atomic E-state index is 5.36. The minimum absolute atomic E-state index is 0.527. The van der Waals surface area contributed by atoms with Gasteiger partial charge in [0.15, 0.2) is 0 Å². The normalized spacial score (nSPS) is 11.2. The minimum Gasteiger partial charge on any atom is -0.355 e. The molecule has 88 valence electrons. The number of aliphatic imine (C=N–C) groups is 1. The number of hydrogen-bond acceptors (Lipinski definition) is 3. The minimum atomic E-state index is 0.527. The average Bonchev–Trinajstić information content (AvgIpc) is 2.35. The van der Waals surface area contributed by atoms with Crippen LogP contribution in [0.2, 0.25) is 0 Å². The monoisotopic (exact) mass is 221 g/mol. The molecule has 0 aliphatic heterocycles. The first kappa shape index (κ1) is 12.4. The molecule has 16 heavy (non-hydrogen) atoms. The second kappa shape index (κ2) is 7.64. The Kier molecular flexibility index (Phi) is 5.95. The molecular weight excluding hydrogens is 202 g/mol. The van der Waals surface area contributed by atoms with Crippen molar-refractivity contribution in [3.63, 3.8) is 0 Å². The Balaban J connectivity index is 2.40. The van der Waals surface area contributed by atoms with E-state index in [2.05, 4.69) is 27.6 Å². The van der Waals surface area contributed by atoms with E-state index in [9.17, 15) is 0 Å². The number of unbranched alkanes of at least 4 members (excludes halogenated alkanes) is 1. The van der Waals surface area contributed by atoms with E-state index < -0.39 is 0 Å². The molecular formula is C11H19N5. The van der Waals surface area contributed by atoms with Crippen molar-refractivity contribution >= 4 is 5.96 Å². The van der Waals surface area contributed by atoms with Gasteiger partial charge in [0.2, 0.25) is 5.96 Å². The number of guanidine groups is 1. The number of nitrogens with two attached hydrogens (primary N) is 1. The highest BCUT2D eigenvalue weighted by Gasteiger charge is 1.95. The van der Waals surface area contributed by atoms with Gasteiger partial charge in [0.05, 0.1) is 12.2 Å². The van der Waals surface area contributed by atoms with Crippen molar-refractivity contribution in [2.45, 2.75) is 26.3 Å². The molecule has 0 atom stereocenters. The standard InChI is InChI=1S/C11H19N5/c1-2-3-7-14-11(16-12)15-9-10-6-4-5-8-13-10/h4-6,8H,2-3,7,9,12H2,1H3,(H2,14,15,16). The highest BCUT2D eigenvalue weighted by Crippen LogP contribution is 1.95. The summed E-state index contributed by atoms with van der Waals surface area (Å²) >= 11 is 0. The van der Waals surface area contributed by atoms with Crippen molar-refractivity contribution in [1.29, 1.82) is 0 Å². The zero-order valence-electron chi connectivity index (χ0n) is 9.61. The molecule has 5 nitrogen and oxygen atoms in total. The van der Waals surface area contributed by atoms with Crippen LogP contribution in [-0.4, -0.2) is 17.5 Å². The van der Waals surface area contributed by atoms with E-state index in [0.717, 1.165) is 25.1 Å². The summed E-state index contributed by atoms with van der Waals surface area (Å²) in [5.74, 6) is 5.97. The van der Waals surface area contributed by atoms with Crippen LogP contribution in [0.25, 0.3) is 0 Å². The highest BCUT2D eigenvalue weighted by atomic mass is 15.3. The van der Waals surface area contributed by atoms with Crippen molar-refractivity contribution in [3.05, 3.63) is 30.1 Å². The lowest BCUT2D eigenvalue weighted by molar-refractivity contribution is 0.731. The highest BCUT2D eigenvalue weighted by molar-refractivity contribution is 5.79. The molecule has 0 radical (unpaired) electrons. The Morgan fingerprint density at radius 3 is 3.00 bits per heavy atom. The number of hydrazine groups is 1. The number of hydrogen-bond donors (Lipinski definition) is 3. The average molecular weight is 221 g/mol. The fraction of sp³-hybridized carbons (Fsp3) is 0.455. The van der Waals surface area contributed by atoms with Gasteiger partial charge in [-0.05, 0) is 18.6 Å². The first-order valence-electron chi connectivity index (χ1n) is 5.51. The predicted octanol–water partition coefficient (Wildman–Crippen LogP) is 0.791. The molecule has 5 heteroatoms. The zero-order chi connectivity index (χ0) is 11.6. The van der Waals surface area contributed by atoms with Gasteiger partial charge < -0.3 is 5.32 Å². The van der Waals surface area contributed by atoms with Gasteiger partial charge in [-0.3, -0.25) is 10.4 Å². The summed E-state index contributed by atoms with van der Waals surface area (Å²) in [4.78, 5) is 8.47. The molecule has 0 bridgehead atoms. The maximum Gasteiger partial charge on any atom is 0.206 e. The van der Waals surface area contributed by atoms with Gasteiger partial charge in [0, 0.05) is 12.7 Å². The molecule has 1 aromatic heterocycles. The molecule has 0 saturated heterocycles. The summed E-state index contributed by atoms with van der Waals surface area (Å²) in [5.41, 5.74) is 3.47. The van der Waals surface area contributed by atoms with E-state index in [1.54, 1.807) is 6.20 Å². The number of aromatic nitrogens is 1.